The monoisotopic (exact) mass is 312 g/mol. The third-order valence-electron chi connectivity index (χ3n) is 3.40. The fourth-order valence-electron chi connectivity index (χ4n) is 2.24. The van der Waals surface area contributed by atoms with Crippen molar-refractivity contribution in [1.29, 1.82) is 0 Å². The Kier molecular flexibility index (Phi) is 4.14. The molecule has 1 N–H and O–H groups in total. The number of hydrogen-bond acceptors (Lipinski definition) is 4. The maximum atomic E-state index is 12.8. The van der Waals surface area contributed by atoms with Crippen LogP contribution in [0.25, 0.3) is 10.8 Å². The van der Waals surface area contributed by atoms with E-state index in [1.165, 1.54) is 12.1 Å². The van der Waals surface area contributed by atoms with Crippen LogP contribution in [0.1, 0.15) is 11.3 Å². The van der Waals surface area contributed by atoms with Crippen LogP contribution in [-0.2, 0) is 22.6 Å². The molecule has 0 bridgehead atoms. The van der Waals surface area contributed by atoms with E-state index >= 15 is 0 Å². The summed E-state index contributed by atoms with van der Waals surface area (Å²) in [5.74, 6) is -0.817. The van der Waals surface area contributed by atoms with Crippen LogP contribution in [0.5, 0.6) is 0 Å². The van der Waals surface area contributed by atoms with Crippen LogP contribution in [-0.4, -0.2) is 16.2 Å². The zero-order chi connectivity index (χ0) is 16.2. The van der Waals surface area contributed by atoms with Gasteiger partial charge in [0.15, 0.2) is 0 Å². The lowest BCUT2D eigenvalue weighted by Crippen LogP contribution is -2.15. The minimum Gasteiger partial charge on any atom is -0.461 e. The molecule has 0 atom stereocenters. The first kappa shape index (κ1) is 14.9. The molecule has 23 heavy (non-hydrogen) atoms. The Labute approximate surface area is 130 Å². The summed E-state index contributed by atoms with van der Waals surface area (Å²) in [6.45, 7) is 0.0560. The Hall–Kier alpha value is -3.02. The summed E-state index contributed by atoms with van der Waals surface area (Å²) in [5.41, 5.74) is 0.840. The first-order chi connectivity index (χ1) is 11.1. The van der Waals surface area contributed by atoms with Crippen LogP contribution in [0.2, 0.25) is 0 Å². The predicted molar refractivity (Wildman–Crippen MR) is 82.3 cm³/mol. The quantitative estimate of drug-likeness (QED) is 0.751. The second-order valence-corrected chi connectivity index (χ2v) is 5.01. The Morgan fingerprint density at radius 3 is 2.52 bits per heavy atom. The fraction of sp³-hybridized carbons (Fsp3) is 0.118. The van der Waals surface area contributed by atoms with Crippen molar-refractivity contribution in [2.45, 2.75) is 13.0 Å². The van der Waals surface area contributed by atoms with Gasteiger partial charge in [-0.25, -0.2) is 9.49 Å². The van der Waals surface area contributed by atoms with Crippen molar-refractivity contribution < 1.29 is 13.9 Å². The number of ether oxygens (including phenoxy) is 1. The van der Waals surface area contributed by atoms with E-state index < -0.39 is 5.97 Å². The Morgan fingerprint density at radius 2 is 1.78 bits per heavy atom. The number of nitrogens with zero attached hydrogens (tertiary/aromatic N) is 1. The highest BCUT2D eigenvalue weighted by molar-refractivity contribution is 5.86. The molecule has 0 saturated carbocycles. The number of carbonyl (C=O) groups is 1. The average Bonchev–Trinajstić information content (AvgIpc) is 2.57. The second kappa shape index (κ2) is 6.39. The Balaban J connectivity index is 1.72. The minimum absolute atomic E-state index is 0.0560. The van der Waals surface area contributed by atoms with E-state index in [9.17, 15) is 14.0 Å². The molecule has 0 aliphatic heterocycles. The fourth-order valence-corrected chi connectivity index (χ4v) is 2.24. The highest BCUT2D eigenvalue weighted by atomic mass is 19.1. The summed E-state index contributed by atoms with van der Waals surface area (Å²) in [6, 6.07) is 12.6. The summed E-state index contributed by atoms with van der Waals surface area (Å²) >= 11 is 0. The standard InChI is InChI=1S/C17H13FN2O3/c18-12-7-5-11(6-8-12)10-23-16(21)9-15-13-3-1-2-4-14(13)17(22)20-19-15/h1-8H,9-10H2,(H,20,22). The van der Waals surface area contributed by atoms with Crippen LogP contribution in [0.15, 0.2) is 53.3 Å². The number of aromatic nitrogens is 2. The van der Waals surface area contributed by atoms with Crippen molar-refractivity contribution >= 4 is 16.7 Å². The summed E-state index contributed by atoms with van der Waals surface area (Å²) in [5, 5.41) is 7.39. The van der Waals surface area contributed by atoms with Crippen molar-refractivity contribution in [3.8, 4) is 0 Å². The van der Waals surface area contributed by atoms with E-state index in [0.717, 1.165) is 0 Å². The number of fused-ring (bicyclic) bond motifs is 1. The summed E-state index contributed by atoms with van der Waals surface area (Å²) in [6.07, 6.45) is -0.0571. The van der Waals surface area contributed by atoms with Gasteiger partial charge in [0.25, 0.3) is 5.56 Å². The average molecular weight is 312 g/mol. The molecule has 5 nitrogen and oxygen atoms in total. The van der Waals surface area contributed by atoms with E-state index in [0.29, 0.717) is 22.0 Å². The summed E-state index contributed by atoms with van der Waals surface area (Å²) in [4.78, 5) is 23.6. The lowest BCUT2D eigenvalue weighted by molar-refractivity contribution is -0.144. The first-order valence-corrected chi connectivity index (χ1v) is 7.00. The van der Waals surface area contributed by atoms with Crippen molar-refractivity contribution in [3.05, 3.63) is 76.0 Å². The second-order valence-electron chi connectivity index (χ2n) is 5.01. The van der Waals surface area contributed by atoms with Gasteiger partial charge < -0.3 is 4.74 Å². The van der Waals surface area contributed by atoms with Gasteiger partial charge in [0.1, 0.15) is 12.4 Å². The molecular formula is C17H13FN2O3. The molecule has 0 amide bonds. The smallest absolute Gasteiger partial charge is 0.312 e. The van der Waals surface area contributed by atoms with Crippen LogP contribution < -0.4 is 5.56 Å². The van der Waals surface area contributed by atoms with Crippen LogP contribution >= 0.6 is 0 Å². The predicted octanol–water partition coefficient (Wildman–Crippen LogP) is 2.35. The number of esters is 1. The maximum Gasteiger partial charge on any atom is 0.312 e. The SMILES string of the molecule is O=C(Cc1n[nH]c(=O)c2ccccc12)OCc1ccc(F)cc1. The van der Waals surface area contributed by atoms with Gasteiger partial charge in [-0.3, -0.25) is 9.59 Å². The molecule has 0 unspecified atom stereocenters. The zero-order valence-corrected chi connectivity index (χ0v) is 12.1. The van der Waals surface area contributed by atoms with Crippen molar-refractivity contribution in [2.75, 3.05) is 0 Å². The number of nitrogens with one attached hydrogen (secondary N) is 1. The molecule has 1 heterocycles. The van der Waals surface area contributed by atoms with Gasteiger partial charge in [0, 0.05) is 5.39 Å². The molecule has 0 aliphatic rings. The van der Waals surface area contributed by atoms with Gasteiger partial charge in [0.2, 0.25) is 0 Å². The van der Waals surface area contributed by atoms with E-state index in [-0.39, 0.29) is 24.4 Å². The van der Waals surface area contributed by atoms with Crippen molar-refractivity contribution in [3.63, 3.8) is 0 Å². The third-order valence-corrected chi connectivity index (χ3v) is 3.40. The lowest BCUT2D eigenvalue weighted by atomic mass is 10.1. The summed E-state index contributed by atoms with van der Waals surface area (Å²) in [7, 11) is 0. The molecule has 3 rings (SSSR count). The number of aromatic amines is 1. The molecule has 0 fully saturated rings. The normalized spacial score (nSPS) is 10.7. The number of benzene rings is 2. The van der Waals surface area contributed by atoms with E-state index in [2.05, 4.69) is 10.2 Å². The summed E-state index contributed by atoms with van der Waals surface area (Å²) < 4.78 is 18.0. The van der Waals surface area contributed by atoms with Crippen LogP contribution in [0, 0.1) is 5.82 Å². The van der Waals surface area contributed by atoms with Gasteiger partial charge in [0.05, 0.1) is 17.5 Å². The van der Waals surface area contributed by atoms with Gasteiger partial charge >= 0.3 is 5.97 Å². The molecule has 0 radical (unpaired) electrons. The number of H-pyrrole nitrogens is 1. The van der Waals surface area contributed by atoms with E-state index in [4.69, 9.17) is 4.74 Å². The van der Waals surface area contributed by atoms with Gasteiger partial charge in [-0.05, 0) is 23.8 Å². The first-order valence-electron chi connectivity index (χ1n) is 7.00. The van der Waals surface area contributed by atoms with Crippen molar-refractivity contribution in [1.82, 2.24) is 10.2 Å². The highest BCUT2D eigenvalue weighted by Gasteiger charge is 2.11. The largest absolute Gasteiger partial charge is 0.461 e. The molecule has 2 aromatic carbocycles. The van der Waals surface area contributed by atoms with Crippen molar-refractivity contribution in [2.24, 2.45) is 0 Å². The molecule has 0 aliphatic carbocycles. The van der Waals surface area contributed by atoms with Crippen LogP contribution in [0.4, 0.5) is 4.39 Å². The number of hydrogen-bond donors (Lipinski definition) is 1. The third kappa shape index (κ3) is 3.42. The molecule has 0 spiro atoms. The number of carbonyl (C=O) groups excluding carboxylic acids is 1. The molecule has 3 aromatic rings. The van der Waals surface area contributed by atoms with Gasteiger partial charge in [-0.2, -0.15) is 5.10 Å². The Morgan fingerprint density at radius 1 is 1.09 bits per heavy atom. The van der Waals surface area contributed by atoms with E-state index in [1.807, 2.05) is 0 Å². The number of halogens is 1. The van der Waals surface area contributed by atoms with Gasteiger partial charge in [-0.15, -0.1) is 0 Å². The lowest BCUT2D eigenvalue weighted by Gasteiger charge is -2.06. The van der Waals surface area contributed by atoms with Gasteiger partial charge in [-0.1, -0.05) is 30.3 Å². The van der Waals surface area contributed by atoms with E-state index in [1.54, 1.807) is 36.4 Å². The zero-order valence-electron chi connectivity index (χ0n) is 12.1. The maximum absolute atomic E-state index is 12.8. The number of rotatable bonds is 4. The Bertz CT molecular complexity index is 904. The van der Waals surface area contributed by atoms with Crippen LogP contribution in [0.3, 0.4) is 0 Å². The molecular weight excluding hydrogens is 299 g/mol. The molecule has 0 saturated heterocycles. The molecule has 1 aromatic heterocycles. The molecule has 6 heteroatoms. The highest BCUT2D eigenvalue weighted by Crippen LogP contribution is 2.13. The topological polar surface area (TPSA) is 72.0 Å². The molecule has 116 valence electrons. The minimum atomic E-state index is -0.473.